The number of aryl methyl sites for hydroxylation is 1. The van der Waals surface area contributed by atoms with Gasteiger partial charge in [0, 0.05) is 10.8 Å². The number of methoxy groups -OCH3 is 2. The van der Waals surface area contributed by atoms with Crippen molar-refractivity contribution in [3.63, 3.8) is 0 Å². The molecule has 0 aliphatic carbocycles. The van der Waals surface area contributed by atoms with Crippen molar-refractivity contribution in [1.29, 1.82) is 0 Å². The van der Waals surface area contributed by atoms with Crippen LogP contribution in [0.3, 0.4) is 0 Å². The summed E-state index contributed by atoms with van der Waals surface area (Å²) < 4.78 is 46.7. The molecule has 58 heavy (non-hydrogen) atoms. The lowest BCUT2D eigenvalue weighted by Gasteiger charge is -2.12. The molecule has 0 radical (unpaired) electrons. The van der Waals surface area contributed by atoms with Gasteiger partial charge in [0.05, 0.1) is 36.8 Å². The molecule has 0 bridgehead atoms. The first-order valence-electron chi connectivity index (χ1n) is 16.8. The predicted octanol–water partition coefficient (Wildman–Crippen LogP) is 9.29. The molecule has 20 heteroatoms. The number of nitrogens with zero attached hydrogens (tertiary/aromatic N) is 8. The van der Waals surface area contributed by atoms with Crippen LogP contribution in [-0.2, 0) is 10.1 Å². The molecule has 0 aliphatic heterocycles. The average Bonchev–Trinajstić information content (AvgIpc) is 3.67. The summed E-state index contributed by atoms with van der Waals surface area (Å²) in [5, 5.41) is 66.3. The van der Waals surface area contributed by atoms with Crippen LogP contribution in [0.5, 0.6) is 23.0 Å². The van der Waals surface area contributed by atoms with E-state index in [0.29, 0.717) is 44.8 Å². The molecule has 0 aliphatic rings. The van der Waals surface area contributed by atoms with Crippen LogP contribution in [-0.4, -0.2) is 63.9 Å². The molecule has 7 aromatic rings. The molecule has 0 fully saturated rings. The lowest BCUT2D eigenvalue weighted by molar-refractivity contribution is 0.0693. The first kappa shape index (κ1) is 38.4. The summed E-state index contributed by atoms with van der Waals surface area (Å²) in [6.07, 6.45) is 0. The number of aromatic amines is 1. The SMILES string of the molecule is COc1cc(-c2ccc(N=Nc3c(S(=O)(=O)O)cc4c(N=Nc5ccc6nn[nH]c6c5)c(N)ccc4c3O)c(OC)c2)ccc1N=Nc1cc(C(=O)O)c(O)cc1C. The Morgan fingerprint density at radius 3 is 2.02 bits per heavy atom. The van der Waals surface area contributed by atoms with E-state index in [-0.39, 0.29) is 50.6 Å². The molecule has 7 rings (SSSR count). The van der Waals surface area contributed by atoms with Gasteiger partial charge in [-0.05, 0) is 96.4 Å². The summed E-state index contributed by atoms with van der Waals surface area (Å²) in [6, 6.07) is 21.4. The minimum atomic E-state index is -5.00. The fourth-order valence-corrected chi connectivity index (χ4v) is 6.53. The fraction of sp³-hybridized carbons (Fsp3) is 0.0789. The van der Waals surface area contributed by atoms with E-state index in [1.807, 2.05) is 0 Å². The average molecular weight is 803 g/mol. The monoisotopic (exact) mass is 802 g/mol. The van der Waals surface area contributed by atoms with Gasteiger partial charge in [0.25, 0.3) is 10.1 Å². The van der Waals surface area contributed by atoms with E-state index >= 15 is 0 Å². The van der Waals surface area contributed by atoms with Crippen molar-refractivity contribution in [2.45, 2.75) is 11.8 Å². The lowest BCUT2D eigenvalue weighted by atomic mass is 10.0. The van der Waals surface area contributed by atoms with E-state index in [0.717, 1.165) is 6.07 Å². The number of fused-ring (bicyclic) bond motifs is 2. The number of ether oxygens (including phenoxy) is 2. The summed E-state index contributed by atoms with van der Waals surface area (Å²) in [5.41, 5.74) is 9.62. The Bertz CT molecular complexity index is 3000. The summed E-state index contributed by atoms with van der Waals surface area (Å²) in [5.74, 6) is -1.77. The van der Waals surface area contributed by atoms with E-state index < -0.39 is 32.4 Å². The highest BCUT2D eigenvalue weighted by Crippen LogP contribution is 2.47. The molecule has 7 N–H and O–H groups in total. The van der Waals surface area contributed by atoms with E-state index in [4.69, 9.17) is 15.2 Å². The Hall–Kier alpha value is -7.84. The number of nitrogens with two attached hydrogens (primary N) is 1. The standard InChI is InChI=1S/C38H30N10O9S/c1-18-12-31(49)24(38(51)52)16-29(18)43-41-27-9-4-19(13-32(27)56-2)20-5-10-28(33(14-20)57-3)42-47-36-34(58(53,54)55)17-23-22(37(36)50)7-8-25(39)35(23)46-40-21-6-11-26-30(15-21)45-48-44-26/h4-17,49-50H,39H2,1-3H3,(H,51,52)(H,44,45,48)(H,53,54,55). The number of aromatic nitrogens is 3. The molecule has 1 heterocycles. The van der Waals surface area contributed by atoms with Crippen molar-refractivity contribution in [3.8, 4) is 34.1 Å². The van der Waals surface area contributed by atoms with Crippen LogP contribution in [0.1, 0.15) is 15.9 Å². The number of anilines is 1. The summed E-state index contributed by atoms with van der Waals surface area (Å²) in [7, 11) is -2.16. The van der Waals surface area contributed by atoms with Crippen LogP contribution in [0.2, 0.25) is 0 Å². The Morgan fingerprint density at radius 2 is 1.38 bits per heavy atom. The number of aromatic hydroxyl groups is 2. The number of aromatic carboxylic acids is 1. The minimum absolute atomic E-state index is 0.0239. The highest BCUT2D eigenvalue weighted by atomic mass is 32.2. The molecule has 0 spiro atoms. The molecule has 0 amide bonds. The number of rotatable bonds is 11. The second-order valence-electron chi connectivity index (χ2n) is 12.5. The highest BCUT2D eigenvalue weighted by molar-refractivity contribution is 7.86. The minimum Gasteiger partial charge on any atom is -0.507 e. The number of nitrogens with one attached hydrogen (secondary N) is 1. The van der Waals surface area contributed by atoms with Gasteiger partial charge >= 0.3 is 5.97 Å². The fourth-order valence-electron chi connectivity index (χ4n) is 5.88. The highest BCUT2D eigenvalue weighted by Gasteiger charge is 2.24. The molecular weight excluding hydrogens is 773 g/mol. The van der Waals surface area contributed by atoms with Gasteiger partial charge in [-0.1, -0.05) is 17.3 Å². The van der Waals surface area contributed by atoms with Gasteiger partial charge in [0.1, 0.15) is 56.0 Å². The van der Waals surface area contributed by atoms with Gasteiger partial charge < -0.3 is 30.5 Å². The van der Waals surface area contributed by atoms with Crippen LogP contribution in [0, 0.1) is 6.92 Å². The van der Waals surface area contributed by atoms with Crippen LogP contribution < -0.4 is 15.2 Å². The number of nitrogen functional groups attached to an aromatic ring is 1. The maximum Gasteiger partial charge on any atom is 0.339 e. The van der Waals surface area contributed by atoms with Crippen molar-refractivity contribution < 1.29 is 42.6 Å². The zero-order chi connectivity index (χ0) is 41.3. The van der Waals surface area contributed by atoms with Gasteiger partial charge in [0.15, 0.2) is 5.75 Å². The van der Waals surface area contributed by atoms with E-state index in [1.54, 1.807) is 61.5 Å². The normalized spacial score (nSPS) is 12.1. The Morgan fingerprint density at radius 1 is 0.741 bits per heavy atom. The second-order valence-corrected chi connectivity index (χ2v) is 13.9. The van der Waals surface area contributed by atoms with Gasteiger partial charge in [-0.25, -0.2) is 4.79 Å². The molecular formula is C38H30N10O9S. The number of phenols is 2. The second kappa shape index (κ2) is 15.4. The van der Waals surface area contributed by atoms with Crippen molar-refractivity contribution in [2.24, 2.45) is 30.7 Å². The molecule has 19 nitrogen and oxygen atoms in total. The molecule has 0 saturated heterocycles. The number of hydrogen-bond donors (Lipinski definition) is 6. The summed E-state index contributed by atoms with van der Waals surface area (Å²) >= 11 is 0. The molecule has 6 aromatic carbocycles. The molecule has 1 aromatic heterocycles. The molecule has 292 valence electrons. The van der Waals surface area contributed by atoms with Crippen molar-refractivity contribution in [3.05, 3.63) is 96.1 Å². The number of H-pyrrole nitrogens is 1. The van der Waals surface area contributed by atoms with E-state index in [9.17, 15) is 33.1 Å². The number of phenolic OH excluding ortho intramolecular Hbond substituents is 1. The third-order valence-corrected chi connectivity index (χ3v) is 9.72. The molecule has 0 unspecified atom stereocenters. The van der Waals surface area contributed by atoms with Crippen LogP contribution in [0.25, 0.3) is 32.9 Å². The van der Waals surface area contributed by atoms with Crippen LogP contribution >= 0.6 is 0 Å². The van der Waals surface area contributed by atoms with E-state index in [2.05, 4.69) is 46.1 Å². The van der Waals surface area contributed by atoms with Crippen molar-refractivity contribution in [2.75, 3.05) is 20.0 Å². The zero-order valence-corrected chi connectivity index (χ0v) is 31.3. The Kier molecular flexibility index (Phi) is 10.2. The maximum atomic E-state index is 12.7. The Balaban J connectivity index is 1.21. The first-order valence-corrected chi connectivity index (χ1v) is 18.2. The van der Waals surface area contributed by atoms with Crippen LogP contribution in [0.15, 0.2) is 121 Å². The van der Waals surface area contributed by atoms with Gasteiger partial charge in [-0.2, -0.15) is 18.6 Å². The number of carboxylic acid groups (broad SMARTS) is 1. The maximum absolute atomic E-state index is 12.7. The Labute approximate surface area is 327 Å². The number of azo groups is 3. The topological polar surface area (TPSA) is 292 Å². The lowest BCUT2D eigenvalue weighted by Crippen LogP contribution is -1.99. The largest absolute Gasteiger partial charge is 0.507 e. The smallest absolute Gasteiger partial charge is 0.339 e. The van der Waals surface area contributed by atoms with Gasteiger partial charge in [0.2, 0.25) is 0 Å². The summed E-state index contributed by atoms with van der Waals surface area (Å²) in [6.45, 7) is 1.65. The molecule has 0 atom stereocenters. The number of carboxylic acids is 1. The van der Waals surface area contributed by atoms with E-state index in [1.165, 1.54) is 38.5 Å². The first-order chi connectivity index (χ1) is 27.7. The number of benzene rings is 6. The third kappa shape index (κ3) is 7.54. The van der Waals surface area contributed by atoms with Crippen molar-refractivity contribution >= 4 is 77.7 Å². The number of carbonyl (C=O) groups is 1. The third-order valence-electron chi connectivity index (χ3n) is 8.85. The van der Waals surface area contributed by atoms with Crippen LogP contribution in [0.4, 0.5) is 39.8 Å². The number of hydrogen-bond acceptors (Lipinski definition) is 16. The predicted molar refractivity (Wildman–Crippen MR) is 211 cm³/mol. The van der Waals surface area contributed by atoms with Gasteiger partial charge in [-0.15, -0.1) is 25.6 Å². The van der Waals surface area contributed by atoms with Crippen molar-refractivity contribution in [1.82, 2.24) is 15.4 Å². The molecule has 0 saturated carbocycles. The zero-order valence-electron chi connectivity index (χ0n) is 30.5. The summed E-state index contributed by atoms with van der Waals surface area (Å²) in [4.78, 5) is 10.7. The van der Waals surface area contributed by atoms with Gasteiger partial charge in [-0.3, -0.25) is 9.65 Å². The quantitative estimate of drug-likeness (QED) is 0.0405.